The first-order chi connectivity index (χ1) is 11.8. The van der Waals surface area contributed by atoms with Crippen LogP contribution >= 0.6 is 11.8 Å². The van der Waals surface area contributed by atoms with E-state index in [9.17, 15) is 4.79 Å². The number of nitrogens with zero attached hydrogens (tertiary/aromatic N) is 1. The second kappa shape index (κ2) is 8.36. The van der Waals surface area contributed by atoms with Crippen LogP contribution in [0.15, 0.2) is 59.5 Å². The third-order valence-electron chi connectivity index (χ3n) is 4.43. The van der Waals surface area contributed by atoms with Crippen LogP contribution in [0.5, 0.6) is 0 Å². The number of thioether (sulfide) groups is 1. The largest absolute Gasteiger partial charge is 0.334 e. The summed E-state index contributed by atoms with van der Waals surface area (Å²) in [5.41, 5.74) is 2.11. The van der Waals surface area contributed by atoms with Gasteiger partial charge in [-0.25, -0.2) is 0 Å². The van der Waals surface area contributed by atoms with Gasteiger partial charge in [-0.1, -0.05) is 30.3 Å². The molecule has 1 unspecified atom stereocenters. The van der Waals surface area contributed by atoms with Crippen LogP contribution in [0.1, 0.15) is 28.8 Å². The molecular formula is C20H24N2OS. The molecule has 0 saturated carbocycles. The van der Waals surface area contributed by atoms with Gasteiger partial charge >= 0.3 is 0 Å². The Labute approximate surface area is 148 Å². The van der Waals surface area contributed by atoms with Crippen LogP contribution in [0.25, 0.3) is 0 Å². The van der Waals surface area contributed by atoms with E-state index in [1.807, 2.05) is 30.1 Å². The van der Waals surface area contributed by atoms with Crippen LogP contribution in [0.2, 0.25) is 0 Å². The third kappa shape index (κ3) is 4.19. The quantitative estimate of drug-likeness (QED) is 0.812. The summed E-state index contributed by atoms with van der Waals surface area (Å²) >= 11 is 1.80. The van der Waals surface area contributed by atoms with Crippen molar-refractivity contribution in [2.24, 2.45) is 0 Å². The minimum absolute atomic E-state index is 0.160. The molecule has 1 aliphatic rings. The molecule has 24 heavy (non-hydrogen) atoms. The first kappa shape index (κ1) is 17.1. The van der Waals surface area contributed by atoms with Crippen molar-refractivity contribution in [1.82, 2.24) is 10.2 Å². The van der Waals surface area contributed by atoms with Crippen molar-refractivity contribution in [3.63, 3.8) is 0 Å². The van der Waals surface area contributed by atoms with Gasteiger partial charge in [-0.3, -0.25) is 4.79 Å². The Morgan fingerprint density at radius 2 is 1.92 bits per heavy atom. The summed E-state index contributed by atoms with van der Waals surface area (Å²) in [5.74, 6) is 1.11. The molecule has 1 atom stereocenters. The number of carbonyl (C=O) groups is 1. The van der Waals surface area contributed by atoms with Crippen molar-refractivity contribution < 1.29 is 4.79 Å². The molecule has 0 aliphatic carbocycles. The van der Waals surface area contributed by atoms with E-state index in [1.165, 1.54) is 10.5 Å². The molecule has 0 bridgehead atoms. The average molecular weight is 340 g/mol. The Hall–Kier alpha value is -1.78. The zero-order chi connectivity index (χ0) is 16.8. The van der Waals surface area contributed by atoms with E-state index >= 15 is 0 Å². The van der Waals surface area contributed by atoms with Crippen molar-refractivity contribution in [3.05, 3.63) is 65.7 Å². The summed E-state index contributed by atoms with van der Waals surface area (Å²) in [7, 11) is 1.94. The first-order valence-corrected chi connectivity index (χ1v) is 9.49. The maximum absolute atomic E-state index is 12.7. The van der Waals surface area contributed by atoms with E-state index in [2.05, 4.69) is 41.7 Å². The smallest absolute Gasteiger partial charge is 0.254 e. The second-order valence-corrected chi connectivity index (χ2v) is 7.20. The monoisotopic (exact) mass is 340 g/mol. The predicted octanol–water partition coefficient (Wildman–Crippen LogP) is 3.80. The maximum Gasteiger partial charge on any atom is 0.254 e. The van der Waals surface area contributed by atoms with Crippen molar-refractivity contribution in [1.29, 1.82) is 0 Å². The van der Waals surface area contributed by atoms with Gasteiger partial charge in [0.1, 0.15) is 0 Å². The summed E-state index contributed by atoms with van der Waals surface area (Å²) in [4.78, 5) is 15.9. The highest BCUT2D eigenvalue weighted by atomic mass is 32.2. The lowest BCUT2D eigenvalue weighted by Crippen LogP contribution is -2.40. The van der Waals surface area contributed by atoms with Crippen molar-refractivity contribution >= 4 is 17.7 Å². The summed E-state index contributed by atoms with van der Waals surface area (Å²) in [6, 6.07) is 18.8. The Kier molecular flexibility index (Phi) is 5.94. The molecule has 0 aromatic heterocycles. The van der Waals surface area contributed by atoms with Crippen molar-refractivity contribution in [2.75, 3.05) is 20.1 Å². The van der Waals surface area contributed by atoms with E-state index in [0.717, 1.165) is 37.2 Å². The maximum atomic E-state index is 12.7. The summed E-state index contributed by atoms with van der Waals surface area (Å²) < 4.78 is 0. The van der Waals surface area contributed by atoms with Gasteiger partial charge in [0.05, 0.1) is 0 Å². The molecule has 4 heteroatoms. The SMILES string of the molecule is CNCC1CCCN1C(=O)c1ccc(SCc2ccccc2)cc1. The number of likely N-dealkylation sites (N-methyl/N-ethyl adjacent to an activating group) is 1. The zero-order valence-electron chi connectivity index (χ0n) is 14.1. The molecule has 1 aliphatic heterocycles. The van der Waals surface area contributed by atoms with Crippen LogP contribution < -0.4 is 5.32 Å². The van der Waals surface area contributed by atoms with E-state index in [1.54, 1.807) is 11.8 Å². The molecule has 3 nitrogen and oxygen atoms in total. The molecule has 1 N–H and O–H groups in total. The summed E-state index contributed by atoms with van der Waals surface area (Å²) in [6.07, 6.45) is 2.20. The Bertz CT molecular complexity index is 657. The molecule has 1 fully saturated rings. The minimum atomic E-state index is 0.160. The molecule has 126 valence electrons. The topological polar surface area (TPSA) is 32.3 Å². The molecule has 2 aromatic rings. The van der Waals surface area contributed by atoms with Gasteiger partial charge in [-0.15, -0.1) is 11.8 Å². The standard InChI is InChI=1S/C20H24N2OS/c1-21-14-18-8-5-13-22(18)20(23)17-9-11-19(12-10-17)24-15-16-6-3-2-4-7-16/h2-4,6-7,9-12,18,21H,5,8,13-15H2,1H3. The van der Waals surface area contributed by atoms with Crippen LogP contribution in [-0.2, 0) is 5.75 Å². The van der Waals surface area contributed by atoms with Crippen molar-refractivity contribution in [3.8, 4) is 0 Å². The number of carbonyl (C=O) groups excluding carboxylic acids is 1. The predicted molar refractivity (Wildman–Crippen MR) is 100 cm³/mol. The molecule has 0 radical (unpaired) electrons. The number of nitrogens with one attached hydrogen (secondary N) is 1. The fraction of sp³-hybridized carbons (Fsp3) is 0.350. The highest BCUT2D eigenvalue weighted by Crippen LogP contribution is 2.24. The Morgan fingerprint density at radius 3 is 2.62 bits per heavy atom. The second-order valence-electron chi connectivity index (χ2n) is 6.15. The zero-order valence-corrected chi connectivity index (χ0v) is 14.9. The third-order valence-corrected chi connectivity index (χ3v) is 5.51. The number of likely N-dealkylation sites (tertiary alicyclic amines) is 1. The number of rotatable bonds is 6. The molecule has 1 amide bonds. The molecule has 3 rings (SSSR count). The van der Waals surface area contributed by atoms with Gasteiger partial charge in [0.15, 0.2) is 0 Å². The fourth-order valence-corrected chi connectivity index (χ4v) is 4.01. The van der Waals surface area contributed by atoms with Crippen LogP contribution in [0, 0.1) is 0 Å². The van der Waals surface area contributed by atoms with E-state index in [0.29, 0.717) is 6.04 Å². The molecule has 0 spiro atoms. The lowest BCUT2D eigenvalue weighted by molar-refractivity contribution is 0.0737. The molecule has 1 heterocycles. The van der Waals surface area contributed by atoms with Gasteiger partial charge in [0, 0.05) is 35.3 Å². The number of amides is 1. The molecule has 1 saturated heterocycles. The normalized spacial score (nSPS) is 17.2. The van der Waals surface area contributed by atoms with Gasteiger partial charge in [-0.2, -0.15) is 0 Å². The summed E-state index contributed by atoms with van der Waals surface area (Å²) in [6.45, 7) is 1.74. The summed E-state index contributed by atoms with van der Waals surface area (Å²) in [5, 5.41) is 3.19. The number of hydrogen-bond donors (Lipinski definition) is 1. The highest BCUT2D eigenvalue weighted by molar-refractivity contribution is 7.98. The molecule has 2 aromatic carbocycles. The van der Waals surface area contributed by atoms with Crippen LogP contribution in [-0.4, -0.2) is 37.0 Å². The van der Waals surface area contributed by atoms with Crippen LogP contribution in [0.3, 0.4) is 0 Å². The van der Waals surface area contributed by atoms with Gasteiger partial charge < -0.3 is 10.2 Å². The van der Waals surface area contributed by atoms with Crippen molar-refractivity contribution in [2.45, 2.75) is 29.5 Å². The average Bonchev–Trinajstić information content (AvgIpc) is 3.09. The van der Waals surface area contributed by atoms with Crippen LogP contribution in [0.4, 0.5) is 0 Å². The number of benzene rings is 2. The lowest BCUT2D eigenvalue weighted by Gasteiger charge is -2.24. The lowest BCUT2D eigenvalue weighted by atomic mass is 10.1. The minimum Gasteiger partial charge on any atom is -0.334 e. The highest BCUT2D eigenvalue weighted by Gasteiger charge is 2.28. The van der Waals surface area contributed by atoms with Gasteiger partial charge in [0.2, 0.25) is 0 Å². The Balaban J connectivity index is 1.60. The first-order valence-electron chi connectivity index (χ1n) is 8.50. The Morgan fingerprint density at radius 1 is 1.17 bits per heavy atom. The molecular weight excluding hydrogens is 316 g/mol. The van der Waals surface area contributed by atoms with E-state index < -0.39 is 0 Å². The number of hydrogen-bond acceptors (Lipinski definition) is 3. The van der Waals surface area contributed by atoms with Gasteiger partial charge in [0.25, 0.3) is 5.91 Å². The van der Waals surface area contributed by atoms with E-state index in [-0.39, 0.29) is 5.91 Å². The fourth-order valence-electron chi connectivity index (χ4n) is 3.15. The van der Waals surface area contributed by atoms with Gasteiger partial charge in [-0.05, 0) is 49.7 Å². The van der Waals surface area contributed by atoms with E-state index in [4.69, 9.17) is 0 Å².